The zero-order valence-electron chi connectivity index (χ0n) is 13.1. The normalized spacial score (nSPS) is 13.4. The molecule has 2 N–H and O–H groups in total. The monoisotopic (exact) mass is 263 g/mol. The summed E-state index contributed by atoms with van der Waals surface area (Å²) >= 11 is 0. The van der Waals surface area contributed by atoms with Crippen LogP contribution in [0, 0.1) is 0 Å². The predicted molar refractivity (Wildman–Crippen MR) is 82.8 cm³/mol. The highest BCUT2D eigenvalue weighted by Crippen LogP contribution is 2.34. The summed E-state index contributed by atoms with van der Waals surface area (Å²) in [4.78, 5) is 0. The molecular formula is C17H29NO. The van der Waals surface area contributed by atoms with Gasteiger partial charge in [0.25, 0.3) is 0 Å². The van der Waals surface area contributed by atoms with Gasteiger partial charge in [0, 0.05) is 6.04 Å². The van der Waals surface area contributed by atoms with E-state index in [1.165, 1.54) is 11.1 Å². The summed E-state index contributed by atoms with van der Waals surface area (Å²) in [7, 11) is 0. The van der Waals surface area contributed by atoms with Gasteiger partial charge in [-0.3, -0.25) is 0 Å². The van der Waals surface area contributed by atoms with E-state index < -0.39 is 0 Å². The molecule has 0 radical (unpaired) electrons. The molecule has 19 heavy (non-hydrogen) atoms. The lowest BCUT2D eigenvalue weighted by Crippen LogP contribution is -2.16. The van der Waals surface area contributed by atoms with Crippen molar-refractivity contribution < 1.29 is 4.74 Å². The Hall–Kier alpha value is -1.02. The van der Waals surface area contributed by atoms with Crippen molar-refractivity contribution in [3.8, 4) is 5.75 Å². The van der Waals surface area contributed by atoms with Crippen molar-refractivity contribution in [1.82, 2.24) is 0 Å². The Bertz CT molecular complexity index is 393. The van der Waals surface area contributed by atoms with E-state index in [1.54, 1.807) is 0 Å². The molecule has 1 aromatic rings. The molecular weight excluding hydrogens is 234 g/mol. The van der Waals surface area contributed by atoms with Gasteiger partial charge in [-0.2, -0.15) is 0 Å². The van der Waals surface area contributed by atoms with Gasteiger partial charge in [-0.25, -0.2) is 0 Å². The van der Waals surface area contributed by atoms with Crippen LogP contribution < -0.4 is 10.5 Å². The van der Waals surface area contributed by atoms with Crippen molar-refractivity contribution >= 4 is 0 Å². The van der Waals surface area contributed by atoms with Crippen molar-refractivity contribution in [1.29, 1.82) is 0 Å². The second kappa shape index (κ2) is 6.95. The van der Waals surface area contributed by atoms with Gasteiger partial charge in [-0.1, -0.05) is 53.2 Å². The molecule has 0 aliphatic carbocycles. The highest BCUT2D eigenvalue weighted by molar-refractivity contribution is 5.42. The summed E-state index contributed by atoms with van der Waals surface area (Å²) in [5, 5.41) is 0. The predicted octanol–water partition coefficient (Wildman–Crippen LogP) is 4.57. The molecule has 1 unspecified atom stereocenters. The molecule has 0 aliphatic heterocycles. The minimum absolute atomic E-state index is 0.0744. The quantitative estimate of drug-likeness (QED) is 0.815. The fraction of sp³-hybridized carbons (Fsp3) is 0.647. The van der Waals surface area contributed by atoms with Crippen LogP contribution in [-0.2, 0) is 5.41 Å². The largest absolute Gasteiger partial charge is 0.493 e. The van der Waals surface area contributed by atoms with Gasteiger partial charge >= 0.3 is 0 Å². The molecule has 0 saturated heterocycles. The van der Waals surface area contributed by atoms with E-state index in [1.807, 2.05) is 0 Å². The summed E-state index contributed by atoms with van der Waals surface area (Å²) in [5.74, 6) is 1.00. The Morgan fingerprint density at radius 3 is 2.37 bits per heavy atom. The highest BCUT2D eigenvalue weighted by atomic mass is 16.5. The third-order valence-corrected chi connectivity index (χ3v) is 3.30. The first-order valence-corrected chi connectivity index (χ1v) is 7.43. The van der Waals surface area contributed by atoms with Crippen molar-refractivity contribution in [3.63, 3.8) is 0 Å². The average molecular weight is 263 g/mol. The van der Waals surface area contributed by atoms with Crippen LogP contribution in [0.5, 0.6) is 5.75 Å². The Morgan fingerprint density at radius 2 is 1.84 bits per heavy atom. The van der Waals surface area contributed by atoms with Gasteiger partial charge in [0.15, 0.2) is 0 Å². The first-order chi connectivity index (χ1) is 8.90. The second-order valence-corrected chi connectivity index (χ2v) is 6.25. The summed E-state index contributed by atoms with van der Waals surface area (Å²) < 4.78 is 5.87. The second-order valence-electron chi connectivity index (χ2n) is 6.25. The van der Waals surface area contributed by atoms with Crippen LogP contribution in [0.15, 0.2) is 18.2 Å². The van der Waals surface area contributed by atoms with Crippen LogP contribution in [0.2, 0.25) is 0 Å². The summed E-state index contributed by atoms with van der Waals surface area (Å²) in [6.07, 6.45) is 3.17. The third-order valence-electron chi connectivity index (χ3n) is 3.30. The Morgan fingerprint density at radius 1 is 1.16 bits per heavy atom. The van der Waals surface area contributed by atoms with Crippen LogP contribution in [0.25, 0.3) is 0 Å². The maximum absolute atomic E-state index is 6.23. The molecule has 0 aliphatic rings. The summed E-state index contributed by atoms with van der Waals surface area (Å²) in [6.45, 7) is 11.7. The number of hydrogen-bond acceptors (Lipinski definition) is 2. The van der Waals surface area contributed by atoms with Crippen molar-refractivity contribution in [2.75, 3.05) is 6.61 Å². The van der Waals surface area contributed by atoms with Crippen LogP contribution in [0.1, 0.15) is 71.0 Å². The smallest absolute Gasteiger partial charge is 0.123 e. The van der Waals surface area contributed by atoms with E-state index in [-0.39, 0.29) is 11.5 Å². The van der Waals surface area contributed by atoms with Gasteiger partial charge in [-0.15, -0.1) is 0 Å². The molecule has 0 aromatic heterocycles. The van der Waals surface area contributed by atoms with Crippen molar-refractivity contribution in [2.45, 2.75) is 65.3 Å². The van der Waals surface area contributed by atoms with E-state index in [0.717, 1.165) is 31.6 Å². The van der Waals surface area contributed by atoms with Crippen LogP contribution in [0.4, 0.5) is 0 Å². The van der Waals surface area contributed by atoms with Crippen LogP contribution in [0.3, 0.4) is 0 Å². The molecule has 0 saturated carbocycles. The summed E-state index contributed by atoms with van der Waals surface area (Å²) in [5.41, 5.74) is 8.77. The molecule has 0 amide bonds. The SMILES string of the molecule is CCCOc1ccc(C(N)CCC)cc1C(C)(C)C. The van der Waals surface area contributed by atoms with Gasteiger partial charge < -0.3 is 10.5 Å². The third kappa shape index (κ3) is 4.54. The Labute approximate surface area is 118 Å². The average Bonchev–Trinajstić information content (AvgIpc) is 2.35. The molecule has 2 heteroatoms. The number of hydrogen-bond donors (Lipinski definition) is 1. The molecule has 2 nitrogen and oxygen atoms in total. The minimum Gasteiger partial charge on any atom is -0.493 e. The Kier molecular flexibility index (Phi) is 5.86. The topological polar surface area (TPSA) is 35.2 Å². The van der Waals surface area contributed by atoms with Crippen LogP contribution in [-0.4, -0.2) is 6.61 Å². The molecule has 0 heterocycles. The fourth-order valence-electron chi connectivity index (χ4n) is 2.18. The first-order valence-electron chi connectivity index (χ1n) is 7.43. The maximum atomic E-state index is 6.23. The van der Waals surface area contributed by atoms with Gasteiger partial charge in [0.2, 0.25) is 0 Å². The Balaban J connectivity index is 3.08. The molecule has 108 valence electrons. The molecule has 0 bridgehead atoms. The molecule has 0 fully saturated rings. The number of rotatable bonds is 6. The van der Waals surface area contributed by atoms with Gasteiger partial charge in [0.1, 0.15) is 5.75 Å². The van der Waals surface area contributed by atoms with E-state index in [4.69, 9.17) is 10.5 Å². The number of benzene rings is 1. The zero-order valence-corrected chi connectivity index (χ0v) is 13.1. The number of nitrogens with two attached hydrogens (primary N) is 1. The standard InChI is InChI=1S/C17H29NO/c1-6-8-15(18)13-9-10-16(19-11-7-2)14(12-13)17(3,4)5/h9-10,12,15H,6-8,11,18H2,1-5H3. The van der Waals surface area contributed by atoms with Gasteiger partial charge in [-0.05, 0) is 35.4 Å². The van der Waals surface area contributed by atoms with E-state index in [0.29, 0.717) is 0 Å². The number of ether oxygens (including phenoxy) is 1. The fourth-order valence-corrected chi connectivity index (χ4v) is 2.18. The molecule has 0 spiro atoms. The van der Waals surface area contributed by atoms with E-state index in [9.17, 15) is 0 Å². The minimum atomic E-state index is 0.0744. The summed E-state index contributed by atoms with van der Waals surface area (Å²) in [6, 6.07) is 6.55. The van der Waals surface area contributed by atoms with E-state index in [2.05, 4.69) is 52.8 Å². The van der Waals surface area contributed by atoms with Gasteiger partial charge in [0.05, 0.1) is 6.61 Å². The lowest BCUT2D eigenvalue weighted by Gasteiger charge is -2.25. The van der Waals surface area contributed by atoms with Crippen molar-refractivity contribution in [3.05, 3.63) is 29.3 Å². The first kappa shape index (κ1) is 16.0. The highest BCUT2D eigenvalue weighted by Gasteiger charge is 2.20. The zero-order chi connectivity index (χ0) is 14.5. The molecule has 1 atom stereocenters. The van der Waals surface area contributed by atoms with Crippen molar-refractivity contribution in [2.24, 2.45) is 5.73 Å². The lowest BCUT2D eigenvalue weighted by molar-refractivity contribution is 0.308. The maximum Gasteiger partial charge on any atom is 0.123 e. The van der Waals surface area contributed by atoms with Crippen LogP contribution >= 0.6 is 0 Å². The molecule has 1 aromatic carbocycles. The lowest BCUT2D eigenvalue weighted by atomic mass is 9.84. The molecule has 1 rings (SSSR count). The van der Waals surface area contributed by atoms with E-state index >= 15 is 0 Å².